The van der Waals surface area contributed by atoms with Crippen molar-refractivity contribution in [3.8, 4) is 0 Å². The largest absolute Gasteiger partial charge is 0.396 e. The summed E-state index contributed by atoms with van der Waals surface area (Å²) in [5, 5.41) is 14.9. The number of rotatable bonds is 9. The Kier molecular flexibility index (Phi) is 7.17. The summed E-state index contributed by atoms with van der Waals surface area (Å²) < 4.78 is -0.606. The molecule has 0 aliphatic carbocycles. The molecule has 9 heteroatoms. The Morgan fingerprint density at radius 3 is 2.66 bits per heavy atom. The molecule has 3 amide bonds. The molecule has 3 saturated heterocycles. The predicted molar refractivity (Wildman–Crippen MR) is 127 cm³/mol. The number of thioether (sulfide) groups is 1. The third kappa shape index (κ3) is 3.96. The number of nitrogens with zero attached hydrogens (tertiary/aromatic N) is 1. The zero-order chi connectivity index (χ0) is 22.9. The van der Waals surface area contributed by atoms with Gasteiger partial charge in [0.1, 0.15) is 6.04 Å². The van der Waals surface area contributed by atoms with Gasteiger partial charge in [0.25, 0.3) is 0 Å². The standard InChI is InChI=1S/C23H30BrN3O4S/c1-25-20(29)16-17-22(31)27(10-6-3-7-11-28)19(23(17)12-15(24)18(16)32-23)21(30)26-13-14-8-4-2-5-9-14/h2,4-5,8-9,15-19,28H,3,6-7,10-13H2,1H3,(H,25,29)(H,26,30)/t15?,16-,17+,18-,19?,23?/m1/s1. The van der Waals surface area contributed by atoms with Crippen LogP contribution in [0.3, 0.4) is 0 Å². The fraction of sp³-hybridized carbons (Fsp3) is 0.609. The fourth-order valence-corrected chi connectivity index (χ4v) is 9.20. The molecule has 0 aromatic heterocycles. The topological polar surface area (TPSA) is 98.7 Å². The maximum Gasteiger partial charge on any atom is 0.244 e. The highest BCUT2D eigenvalue weighted by Gasteiger charge is 2.75. The van der Waals surface area contributed by atoms with Crippen molar-refractivity contribution in [2.24, 2.45) is 11.8 Å². The molecule has 6 atom stereocenters. The molecule has 1 spiro atoms. The van der Waals surface area contributed by atoms with Crippen molar-refractivity contribution in [2.45, 2.75) is 53.1 Å². The van der Waals surface area contributed by atoms with E-state index in [-0.39, 0.29) is 34.4 Å². The maximum absolute atomic E-state index is 13.6. The number of likely N-dealkylation sites (tertiary alicyclic amines) is 1. The number of carbonyl (C=O) groups excluding carboxylic acids is 3. The summed E-state index contributed by atoms with van der Waals surface area (Å²) in [5.74, 6) is -1.30. The molecule has 3 unspecified atom stereocenters. The fourth-order valence-electron chi connectivity index (χ4n) is 5.59. The number of hydrogen-bond donors (Lipinski definition) is 3. The number of aliphatic hydroxyl groups excluding tert-OH is 1. The molecule has 1 aromatic rings. The Hall–Kier alpha value is -1.58. The zero-order valence-electron chi connectivity index (χ0n) is 18.1. The van der Waals surface area contributed by atoms with E-state index >= 15 is 0 Å². The van der Waals surface area contributed by atoms with Crippen LogP contribution in [0.4, 0.5) is 0 Å². The molecular formula is C23H30BrN3O4S. The van der Waals surface area contributed by atoms with Gasteiger partial charge >= 0.3 is 0 Å². The van der Waals surface area contributed by atoms with E-state index in [1.807, 2.05) is 30.3 Å². The highest BCUT2D eigenvalue weighted by molar-refractivity contribution is 9.09. The maximum atomic E-state index is 13.6. The molecule has 3 N–H and O–H groups in total. The minimum atomic E-state index is -0.609. The van der Waals surface area contributed by atoms with Gasteiger partial charge in [-0.15, -0.1) is 11.8 Å². The highest BCUT2D eigenvalue weighted by Crippen LogP contribution is 2.67. The van der Waals surface area contributed by atoms with Crippen LogP contribution in [0.1, 0.15) is 31.2 Å². The van der Waals surface area contributed by atoms with Gasteiger partial charge in [0, 0.05) is 36.8 Å². The second-order valence-electron chi connectivity index (χ2n) is 8.80. The average Bonchev–Trinajstić information content (AvgIpc) is 3.39. The molecule has 3 heterocycles. The minimum Gasteiger partial charge on any atom is -0.396 e. The van der Waals surface area contributed by atoms with Gasteiger partial charge in [0.05, 0.1) is 16.6 Å². The first kappa shape index (κ1) is 23.6. The van der Waals surface area contributed by atoms with Gasteiger partial charge < -0.3 is 20.6 Å². The van der Waals surface area contributed by atoms with Gasteiger partial charge in [-0.2, -0.15) is 0 Å². The second-order valence-corrected chi connectivity index (χ2v) is 11.5. The molecule has 4 rings (SSSR count). The lowest BCUT2D eigenvalue weighted by Gasteiger charge is -2.35. The van der Waals surface area contributed by atoms with Gasteiger partial charge in [0.2, 0.25) is 17.7 Å². The summed E-state index contributed by atoms with van der Waals surface area (Å²) in [4.78, 5) is 41.8. The van der Waals surface area contributed by atoms with Gasteiger partial charge in [-0.05, 0) is 31.2 Å². The summed E-state index contributed by atoms with van der Waals surface area (Å²) >= 11 is 5.39. The molecule has 3 aliphatic heterocycles. The van der Waals surface area contributed by atoms with E-state index in [1.54, 1.807) is 23.7 Å². The summed E-state index contributed by atoms with van der Waals surface area (Å²) in [6, 6.07) is 9.10. The van der Waals surface area contributed by atoms with Crippen LogP contribution in [0.15, 0.2) is 30.3 Å². The van der Waals surface area contributed by atoms with Crippen molar-refractivity contribution in [1.82, 2.24) is 15.5 Å². The molecule has 3 fully saturated rings. The van der Waals surface area contributed by atoms with E-state index < -0.39 is 22.6 Å². The third-order valence-corrected chi connectivity index (χ3v) is 10.2. The third-order valence-electron chi connectivity index (χ3n) is 6.95. The SMILES string of the molecule is CNC(=O)[C@H]1[C@@H]2SC3(CC2Br)C(C(=O)NCc2ccccc2)N(CCCCCO)C(=O)[C@H]13. The quantitative estimate of drug-likeness (QED) is 0.337. The molecule has 3 aliphatic rings. The molecule has 0 radical (unpaired) electrons. The zero-order valence-corrected chi connectivity index (χ0v) is 20.5. The lowest BCUT2D eigenvalue weighted by Crippen LogP contribution is -2.54. The Morgan fingerprint density at radius 2 is 1.97 bits per heavy atom. The van der Waals surface area contributed by atoms with Crippen LogP contribution in [0.5, 0.6) is 0 Å². The first-order valence-electron chi connectivity index (χ1n) is 11.2. The molecule has 2 bridgehead atoms. The van der Waals surface area contributed by atoms with Crippen LogP contribution in [-0.4, -0.2) is 68.8 Å². The number of unbranched alkanes of at least 4 members (excludes halogenated alkanes) is 2. The Labute approximate surface area is 201 Å². The van der Waals surface area contributed by atoms with Crippen molar-refractivity contribution >= 4 is 45.4 Å². The van der Waals surface area contributed by atoms with Crippen LogP contribution in [0.2, 0.25) is 0 Å². The lowest BCUT2D eigenvalue weighted by atomic mass is 9.70. The predicted octanol–water partition coefficient (Wildman–Crippen LogP) is 1.68. The first-order chi connectivity index (χ1) is 15.4. The number of aliphatic hydroxyl groups is 1. The monoisotopic (exact) mass is 523 g/mol. The highest BCUT2D eigenvalue weighted by atomic mass is 79.9. The van der Waals surface area contributed by atoms with Crippen molar-refractivity contribution in [3.05, 3.63) is 35.9 Å². The van der Waals surface area contributed by atoms with Crippen LogP contribution in [-0.2, 0) is 20.9 Å². The van der Waals surface area contributed by atoms with E-state index in [1.165, 1.54) is 0 Å². The van der Waals surface area contributed by atoms with Crippen LogP contribution in [0.25, 0.3) is 0 Å². The van der Waals surface area contributed by atoms with E-state index in [0.717, 1.165) is 12.0 Å². The minimum absolute atomic E-state index is 0.0233. The Morgan fingerprint density at radius 1 is 1.22 bits per heavy atom. The summed E-state index contributed by atoms with van der Waals surface area (Å²) in [6.45, 7) is 0.969. The Bertz CT molecular complexity index is 872. The van der Waals surface area contributed by atoms with Crippen molar-refractivity contribution in [3.63, 3.8) is 0 Å². The van der Waals surface area contributed by atoms with Crippen LogP contribution >= 0.6 is 27.7 Å². The van der Waals surface area contributed by atoms with E-state index in [9.17, 15) is 14.4 Å². The van der Waals surface area contributed by atoms with Crippen LogP contribution < -0.4 is 10.6 Å². The Balaban J connectivity index is 1.61. The van der Waals surface area contributed by atoms with E-state index in [0.29, 0.717) is 32.4 Å². The van der Waals surface area contributed by atoms with Crippen molar-refractivity contribution in [1.29, 1.82) is 0 Å². The van der Waals surface area contributed by atoms with Gasteiger partial charge in [-0.25, -0.2) is 0 Å². The number of fused-ring (bicyclic) bond motifs is 1. The lowest BCUT2D eigenvalue weighted by molar-refractivity contribution is -0.139. The number of benzene rings is 1. The molecule has 174 valence electrons. The number of hydrogen-bond acceptors (Lipinski definition) is 5. The molecule has 1 aromatic carbocycles. The van der Waals surface area contributed by atoms with E-state index in [4.69, 9.17) is 5.11 Å². The smallest absolute Gasteiger partial charge is 0.244 e. The number of amides is 3. The number of nitrogens with one attached hydrogen (secondary N) is 2. The summed E-state index contributed by atoms with van der Waals surface area (Å²) in [7, 11) is 1.60. The number of carbonyl (C=O) groups is 3. The second kappa shape index (κ2) is 9.73. The molecule has 0 saturated carbocycles. The van der Waals surface area contributed by atoms with Crippen molar-refractivity contribution in [2.75, 3.05) is 20.2 Å². The van der Waals surface area contributed by atoms with E-state index in [2.05, 4.69) is 26.6 Å². The normalized spacial score (nSPS) is 32.8. The molecule has 7 nitrogen and oxygen atoms in total. The van der Waals surface area contributed by atoms with Crippen molar-refractivity contribution < 1.29 is 19.5 Å². The van der Waals surface area contributed by atoms with Gasteiger partial charge in [0.15, 0.2) is 0 Å². The molecular weight excluding hydrogens is 494 g/mol. The summed E-state index contributed by atoms with van der Waals surface area (Å²) in [6.07, 6.45) is 2.85. The average molecular weight is 524 g/mol. The number of alkyl halides is 1. The van der Waals surface area contributed by atoms with Crippen LogP contribution in [0, 0.1) is 11.8 Å². The first-order valence-corrected chi connectivity index (χ1v) is 13.0. The summed E-state index contributed by atoms with van der Waals surface area (Å²) in [5.41, 5.74) is 0.999. The molecule has 32 heavy (non-hydrogen) atoms. The van der Waals surface area contributed by atoms with Gasteiger partial charge in [-0.1, -0.05) is 46.3 Å². The van der Waals surface area contributed by atoms with Gasteiger partial charge in [-0.3, -0.25) is 14.4 Å². The number of halogens is 1.